The monoisotopic (exact) mass is 379 g/mol. The number of sulfonamides is 1. The normalized spacial score (nSPS) is 11.4. The molecule has 2 rings (SSSR count). The van der Waals surface area contributed by atoms with Gasteiger partial charge >= 0.3 is 0 Å². The van der Waals surface area contributed by atoms with E-state index in [0.29, 0.717) is 12.3 Å². The Hall–Kier alpha value is -2.65. The molecule has 0 bridgehead atoms. The summed E-state index contributed by atoms with van der Waals surface area (Å²) in [6.45, 7) is 3.83. The van der Waals surface area contributed by atoms with Crippen LogP contribution in [0.15, 0.2) is 41.3 Å². The molecular formula is C17H21N3O5S. The molecule has 2 aromatic rings. The zero-order valence-corrected chi connectivity index (χ0v) is 15.8. The highest BCUT2D eigenvalue weighted by atomic mass is 32.2. The van der Waals surface area contributed by atoms with Crippen molar-refractivity contribution in [3.63, 3.8) is 0 Å². The number of nitro benzene ring substituents is 1. The fourth-order valence-corrected chi connectivity index (χ4v) is 3.36. The number of nitrogens with one attached hydrogen (secondary N) is 1. The number of nitro groups is 1. The van der Waals surface area contributed by atoms with Crippen molar-refractivity contribution in [3.8, 4) is 5.75 Å². The molecule has 0 unspecified atom stereocenters. The molecule has 0 saturated heterocycles. The highest BCUT2D eigenvalue weighted by Crippen LogP contribution is 2.33. The smallest absolute Gasteiger partial charge is 0.292 e. The van der Waals surface area contributed by atoms with Crippen LogP contribution in [0, 0.1) is 17.0 Å². The van der Waals surface area contributed by atoms with E-state index in [0.717, 1.165) is 9.87 Å². The van der Waals surface area contributed by atoms with Gasteiger partial charge in [0.05, 0.1) is 11.5 Å². The maximum atomic E-state index is 12.6. The van der Waals surface area contributed by atoms with Crippen LogP contribution in [0.4, 0.5) is 17.1 Å². The first-order valence-corrected chi connectivity index (χ1v) is 9.32. The fourth-order valence-electron chi connectivity index (χ4n) is 2.31. The predicted molar refractivity (Wildman–Crippen MR) is 99.6 cm³/mol. The van der Waals surface area contributed by atoms with Crippen LogP contribution >= 0.6 is 0 Å². The van der Waals surface area contributed by atoms with Crippen molar-refractivity contribution in [2.24, 2.45) is 0 Å². The van der Waals surface area contributed by atoms with Gasteiger partial charge in [-0.05, 0) is 43.7 Å². The van der Waals surface area contributed by atoms with Crippen molar-refractivity contribution in [2.75, 3.05) is 26.0 Å². The Labute approximate surface area is 152 Å². The molecule has 26 heavy (non-hydrogen) atoms. The standard InChI is InChI=1S/C17H21N3O5S/c1-5-25-16-9-7-13(11-17(16)26(23,24)19(3)4)18-14-8-6-12(2)10-15(14)20(21)22/h6-11,18H,5H2,1-4H3. The van der Waals surface area contributed by atoms with Crippen LogP contribution in [0.25, 0.3) is 0 Å². The summed E-state index contributed by atoms with van der Waals surface area (Å²) in [5.74, 6) is 0.227. The van der Waals surface area contributed by atoms with Gasteiger partial charge in [-0.1, -0.05) is 6.07 Å². The Morgan fingerprint density at radius 1 is 1.19 bits per heavy atom. The topological polar surface area (TPSA) is 102 Å². The summed E-state index contributed by atoms with van der Waals surface area (Å²) in [6, 6.07) is 9.33. The van der Waals surface area contributed by atoms with Gasteiger partial charge in [0.2, 0.25) is 10.0 Å². The number of benzene rings is 2. The van der Waals surface area contributed by atoms with Gasteiger partial charge in [0.1, 0.15) is 16.3 Å². The number of rotatable bonds is 7. The third kappa shape index (κ3) is 4.12. The molecule has 2 aromatic carbocycles. The highest BCUT2D eigenvalue weighted by molar-refractivity contribution is 7.89. The van der Waals surface area contributed by atoms with Crippen LogP contribution in [0.1, 0.15) is 12.5 Å². The second-order valence-corrected chi connectivity index (χ2v) is 7.90. The first-order valence-electron chi connectivity index (χ1n) is 7.88. The number of hydrogen-bond acceptors (Lipinski definition) is 6. The minimum atomic E-state index is -3.74. The van der Waals surface area contributed by atoms with Crippen molar-refractivity contribution in [1.82, 2.24) is 4.31 Å². The molecular weight excluding hydrogens is 358 g/mol. The Morgan fingerprint density at radius 3 is 2.46 bits per heavy atom. The minimum Gasteiger partial charge on any atom is -0.492 e. The lowest BCUT2D eigenvalue weighted by Crippen LogP contribution is -2.23. The molecule has 8 nitrogen and oxygen atoms in total. The minimum absolute atomic E-state index is 0.0101. The molecule has 0 aliphatic rings. The van der Waals surface area contributed by atoms with Crippen LogP contribution < -0.4 is 10.1 Å². The van der Waals surface area contributed by atoms with Gasteiger partial charge in [0.15, 0.2) is 0 Å². The molecule has 0 aliphatic heterocycles. The molecule has 140 valence electrons. The van der Waals surface area contributed by atoms with Gasteiger partial charge in [0.25, 0.3) is 5.69 Å². The predicted octanol–water partition coefficient (Wildman–Crippen LogP) is 3.30. The van der Waals surface area contributed by atoms with Crippen molar-refractivity contribution in [3.05, 3.63) is 52.1 Å². The molecule has 0 aliphatic carbocycles. The van der Waals surface area contributed by atoms with E-state index in [-0.39, 0.29) is 22.0 Å². The number of nitrogens with zero attached hydrogens (tertiary/aromatic N) is 2. The van der Waals surface area contributed by atoms with E-state index in [9.17, 15) is 18.5 Å². The molecule has 0 amide bonds. The second-order valence-electron chi connectivity index (χ2n) is 5.78. The number of ether oxygens (including phenoxy) is 1. The summed E-state index contributed by atoms with van der Waals surface area (Å²) in [4.78, 5) is 10.8. The van der Waals surface area contributed by atoms with E-state index < -0.39 is 14.9 Å². The second kappa shape index (κ2) is 7.71. The van der Waals surface area contributed by atoms with Crippen LogP contribution in [0.3, 0.4) is 0 Å². The summed E-state index contributed by atoms with van der Waals surface area (Å²) in [5.41, 5.74) is 1.35. The van der Waals surface area contributed by atoms with E-state index >= 15 is 0 Å². The van der Waals surface area contributed by atoms with Gasteiger partial charge in [-0.15, -0.1) is 0 Å². The van der Waals surface area contributed by atoms with Gasteiger partial charge in [0, 0.05) is 25.8 Å². The summed E-state index contributed by atoms with van der Waals surface area (Å²) in [6.07, 6.45) is 0. The first kappa shape index (κ1) is 19.7. The average Bonchev–Trinajstić information content (AvgIpc) is 2.57. The fraction of sp³-hybridized carbons (Fsp3) is 0.294. The van der Waals surface area contributed by atoms with Gasteiger partial charge < -0.3 is 10.1 Å². The van der Waals surface area contributed by atoms with E-state index in [1.54, 1.807) is 32.0 Å². The van der Waals surface area contributed by atoms with Gasteiger partial charge in [-0.3, -0.25) is 10.1 Å². The molecule has 0 spiro atoms. The molecule has 0 fully saturated rings. The summed E-state index contributed by atoms with van der Waals surface area (Å²) in [5, 5.41) is 14.2. The number of anilines is 2. The van der Waals surface area contributed by atoms with Crippen LogP contribution in [-0.4, -0.2) is 38.3 Å². The largest absolute Gasteiger partial charge is 0.492 e. The first-order chi connectivity index (χ1) is 12.2. The SMILES string of the molecule is CCOc1ccc(Nc2ccc(C)cc2[N+](=O)[O-])cc1S(=O)(=O)N(C)C. The van der Waals surface area contributed by atoms with Crippen LogP contribution in [-0.2, 0) is 10.0 Å². The highest BCUT2D eigenvalue weighted by Gasteiger charge is 2.23. The Kier molecular flexibility index (Phi) is 5.83. The Bertz CT molecular complexity index is 926. The quantitative estimate of drug-likeness (QED) is 0.585. The lowest BCUT2D eigenvalue weighted by atomic mass is 10.2. The zero-order valence-electron chi connectivity index (χ0n) is 15.0. The lowest BCUT2D eigenvalue weighted by Gasteiger charge is -2.17. The number of aryl methyl sites for hydroxylation is 1. The molecule has 9 heteroatoms. The molecule has 0 saturated carbocycles. The third-order valence-electron chi connectivity index (χ3n) is 3.63. The van der Waals surface area contributed by atoms with Crippen molar-refractivity contribution < 1.29 is 18.1 Å². The van der Waals surface area contributed by atoms with Crippen molar-refractivity contribution in [1.29, 1.82) is 0 Å². The molecule has 0 atom stereocenters. The van der Waals surface area contributed by atoms with Gasteiger partial charge in [-0.25, -0.2) is 12.7 Å². The maximum absolute atomic E-state index is 12.6. The summed E-state index contributed by atoms with van der Waals surface area (Å²) < 4.78 is 31.6. The molecule has 1 N–H and O–H groups in total. The average molecular weight is 379 g/mol. The van der Waals surface area contributed by atoms with E-state index in [4.69, 9.17) is 4.74 Å². The van der Waals surface area contributed by atoms with E-state index in [2.05, 4.69) is 5.32 Å². The van der Waals surface area contributed by atoms with Crippen LogP contribution in [0.5, 0.6) is 5.75 Å². The van der Waals surface area contributed by atoms with Gasteiger partial charge in [-0.2, -0.15) is 0 Å². The molecule has 0 aromatic heterocycles. The molecule has 0 radical (unpaired) electrons. The lowest BCUT2D eigenvalue weighted by molar-refractivity contribution is -0.384. The van der Waals surface area contributed by atoms with Crippen molar-refractivity contribution in [2.45, 2.75) is 18.7 Å². The number of hydrogen-bond donors (Lipinski definition) is 1. The summed E-state index contributed by atoms with van der Waals surface area (Å²) >= 11 is 0. The van der Waals surface area contributed by atoms with Crippen LogP contribution in [0.2, 0.25) is 0 Å². The Morgan fingerprint density at radius 2 is 1.88 bits per heavy atom. The van der Waals surface area contributed by atoms with Crippen molar-refractivity contribution >= 4 is 27.1 Å². The van der Waals surface area contributed by atoms with E-state index in [1.165, 1.54) is 32.3 Å². The zero-order chi connectivity index (χ0) is 19.5. The molecule has 0 heterocycles. The Balaban J connectivity index is 2.51. The summed E-state index contributed by atoms with van der Waals surface area (Å²) in [7, 11) is -0.890. The van der Waals surface area contributed by atoms with E-state index in [1.807, 2.05) is 0 Å². The third-order valence-corrected chi connectivity index (χ3v) is 5.47. The maximum Gasteiger partial charge on any atom is 0.292 e.